The summed E-state index contributed by atoms with van der Waals surface area (Å²) in [6.07, 6.45) is 2.14. The van der Waals surface area contributed by atoms with Crippen LogP contribution < -0.4 is 0 Å². The van der Waals surface area contributed by atoms with E-state index in [9.17, 15) is 0 Å². The first-order valence-corrected chi connectivity index (χ1v) is 7.98. The summed E-state index contributed by atoms with van der Waals surface area (Å²) in [6.45, 7) is 4.41. The summed E-state index contributed by atoms with van der Waals surface area (Å²) in [6, 6.07) is 21.0. The Morgan fingerprint density at radius 3 is 2.23 bits per heavy atom. The summed E-state index contributed by atoms with van der Waals surface area (Å²) < 4.78 is 0. The lowest BCUT2D eigenvalue weighted by Crippen LogP contribution is -1.98. The molecule has 1 unspecified atom stereocenters. The maximum Gasteiger partial charge on any atom is 0.114 e. The van der Waals surface area contributed by atoms with Crippen LogP contribution in [0.1, 0.15) is 43.3 Å². The van der Waals surface area contributed by atoms with E-state index in [1.807, 2.05) is 6.07 Å². The zero-order chi connectivity index (χ0) is 15.4. The van der Waals surface area contributed by atoms with Crippen LogP contribution in [0.2, 0.25) is 0 Å². The zero-order valence-electron chi connectivity index (χ0n) is 13.2. The molecule has 1 atom stereocenters. The van der Waals surface area contributed by atoms with Crippen molar-refractivity contribution in [3.8, 4) is 11.3 Å². The third-order valence-corrected chi connectivity index (χ3v) is 4.05. The molecule has 0 amide bonds. The summed E-state index contributed by atoms with van der Waals surface area (Å²) in [5, 5.41) is 0. The molecule has 112 valence electrons. The van der Waals surface area contributed by atoms with Crippen molar-refractivity contribution in [1.29, 1.82) is 0 Å². The van der Waals surface area contributed by atoms with Gasteiger partial charge in [-0.15, -0.1) is 0 Å². The van der Waals surface area contributed by atoms with E-state index in [0.29, 0.717) is 0 Å². The van der Waals surface area contributed by atoms with Crippen molar-refractivity contribution in [3.63, 3.8) is 0 Å². The molecule has 3 rings (SSSR count). The second-order valence-electron chi connectivity index (χ2n) is 5.70. The van der Waals surface area contributed by atoms with Gasteiger partial charge in [0.05, 0.1) is 5.69 Å². The summed E-state index contributed by atoms with van der Waals surface area (Å²) in [4.78, 5) is 8.49. The Morgan fingerprint density at radius 2 is 1.59 bits per heavy atom. The fourth-order valence-electron chi connectivity index (χ4n) is 2.80. The SMILES string of the molecule is CCCc1[nH]c(C(C)c2ccccc2)nc1-c1ccccc1. The lowest BCUT2D eigenvalue weighted by atomic mass is 10.0. The third-order valence-electron chi connectivity index (χ3n) is 4.05. The maximum absolute atomic E-state index is 4.92. The maximum atomic E-state index is 4.92. The lowest BCUT2D eigenvalue weighted by molar-refractivity contribution is 0.821. The Morgan fingerprint density at radius 1 is 0.955 bits per heavy atom. The number of hydrogen-bond acceptors (Lipinski definition) is 1. The third kappa shape index (κ3) is 2.96. The van der Waals surface area contributed by atoms with Crippen molar-refractivity contribution < 1.29 is 0 Å². The van der Waals surface area contributed by atoms with Gasteiger partial charge in [0.1, 0.15) is 5.82 Å². The average molecular weight is 290 g/mol. The van der Waals surface area contributed by atoms with Crippen LogP contribution in [-0.2, 0) is 6.42 Å². The molecule has 2 aromatic carbocycles. The molecule has 0 radical (unpaired) electrons. The highest BCUT2D eigenvalue weighted by Crippen LogP contribution is 2.28. The molecule has 0 fully saturated rings. The van der Waals surface area contributed by atoms with Crippen LogP contribution >= 0.6 is 0 Å². The molecule has 3 aromatic rings. The fourth-order valence-corrected chi connectivity index (χ4v) is 2.80. The molecule has 22 heavy (non-hydrogen) atoms. The highest BCUT2D eigenvalue weighted by Gasteiger charge is 2.16. The number of aromatic nitrogens is 2. The van der Waals surface area contributed by atoms with E-state index in [1.54, 1.807) is 0 Å². The standard InChI is InChI=1S/C20H22N2/c1-3-10-18-19(17-13-8-5-9-14-17)22-20(21-18)15(2)16-11-6-4-7-12-16/h4-9,11-15H,3,10H2,1-2H3,(H,21,22). The van der Waals surface area contributed by atoms with Crippen LogP contribution in [0.5, 0.6) is 0 Å². The first-order valence-electron chi connectivity index (χ1n) is 7.98. The minimum absolute atomic E-state index is 0.272. The highest BCUT2D eigenvalue weighted by atomic mass is 14.9. The first kappa shape index (κ1) is 14.6. The number of H-pyrrole nitrogens is 1. The zero-order valence-corrected chi connectivity index (χ0v) is 13.2. The molecule has 0 spiro atoms. The summed E-state index contributed by atoms with van der Waals surface area (Å²) in [5.41, 5.74) is 4.82. The van der Waals surface area contributed by atoms with Gasteiger partial charge in [-0.25, -0.2) is 4.98 Å². The molecule has 2 heteroatoms. The number of nitrogens with zero attached hydrogens (tertiary/aromatic N) is 1. The van der Waals surface area contributed by atoms with Gasteiger partial charge in [0.25, 0.3) is 0 Å². The van der Waals surface area contributed by atoms with Crippen LogP contribution in [-0.4, -0.2) is 9.97 Å². The van der Waals surface area contributed by atoms with E-state index in [0.717, 1.165) is 24.4 Å². The number of hydrogen-bond donors (Lipinski definition) is 1. The number of nitrogens with one attached hydrogen (secondary N) is 1. The largest absolute Gasteiger partial charge is 0.345 e. The van der Waals surface area contributed by atoms with Gasteiger partial charge < -0.3 is 4.98 Å². The van der Waals surface area contributed by atoms with Crippen molar-refractivity contribution in [1.82, 2.24) is 9.97 Å². The number of rotatable bonds is 5. The van der Waals surface area contributed by atoms with Gasteiger partial charge in [0, 0.05) is 17.2 Å². The Hall–Kier alpha value is -2.35. The fraction of sp³-hybridized carbons (Fsp3) is 0.250. The van der Waals surface area contributed by atoms with Crippen LogP contribution in [0.4, 0.5) is 0 Å². The van der Waals surface area contributed by atoms with Gasteiger partial charge in [0.2, 0.25) is 0 Å². The van der Waals surface area contributed by atoms with E-state index >= 15 is 0 Å². The normalized spacial score (nSPS) is 12.3. The summed E-state index contributed by atoms with van der Waals surface area (Å²) in [7, 11) is 0. The van der Waals surface area contributed by atoms with Crippen molar-refractivity contribution in [2.24, 2.45) is 0 Å². The first-order chi connectivity index (χ1) is 10.8. The van der Waals surface area contributed by atoms with Crippen LogP contribution in [0.15, 0.2) is 60.7 Å². The highest BCUT2D eigenvalue weighted by molar-refractivity contribution is 5.62. The molecule has 2 nitrogen and oxygen atoms in total. The van der Waals surface area contributed by atoms with Crippen LogP contribution in [0.3, 0.4) is 0 Å². The molecule has 0 aliphatic carbocycles. The Labute approximate surface area is 132 Å². The molecule has 0 aliphatic rings. The van der Waals surface area contributed by atoms with Crippen LogP contribution in [0.25, 0.3) is 11.3 Å². The molecule has 0 bridgehead atoms. The van der Waals surface area contributed by atoms with Gasteiger partial charge in [0.15, 0.2) is 0 Å². The van der Waals surface area contributed by atoms with Gasteiger partial charge >= 0.3 is 0 Å². The second-order valence-corrected chi connectivity index (χ2v) is 5.70. The van der Waals surface area contributed by atoms with Gasteiger partial charge in [-0.1, -0.05) is 80.9 Å². The molecule has 0 aliphatic heterocycles. The van der Waals surface area contributed by atoms with Gasteiger partial charge in [-0.2, -0.15) is 0 Å². The molecular formula is C20H22N2. The Kier molecular flexibility index (Phi) is 4.38. The smallest absolute Gasteiger partial charge is 0.114 e. The van der Waals surface area contributed by atoms with Crippen molar-refractivity contribution in [2.45, 2.75) is 32.6 Å². The van der Waals surface area contributed by atoms with Crippen molar-refractivity contribution in [2.75, 3.05) is 0 Å². The number of aromatic amines is 1. The Balaban J connectivity index is 2.00. The molecule has 1 N–H and O–H groups in total. The Bertz CT molecular complexity index is 714. The second kappa shape index (κ2) is 6.61. The summed E-state index contributed by atoms with van der Waals surface area (Å²) >= 11 is 0. The van der Waals surface area contributed by atoms with Crippen molar-refractivity contribution >= 4 is 0 Å². The quantitative estimate of drug-likeness (QED) is 0.689. The lowest BCUT2D eigenvalue weighted by Gasteiger charge is -2.08. The topological polar surface area (TPSA) is 28.7 Å². The molecule has 0 saturated heterocycles. The predicted octanol–water partition coefficient (Wildman–Crippen LogP) is 5.18. The molecular weight excluding hydrogens is 268 g/mol. The van der Waals surface area contributed by atoms with Crippen LogP contribution in [0, 0.1) is 0 Å². The molecule has 1 heterocycles. The predicted molar refractivity (Wildman–Crippen MR) is 92.0 cm³/mol. The molecule has 1 aromatic heterocycles. The number of aryl methyl sites for hydroxylation is 1. The number of imidazole rings is 1. The minimum atomic E-state index is 0.272. The van der Waals surface area contributed by atoms with E-state index in [4.69, 9.17) is 4.98 Å². The average Bonchev–Trinajstić information content (AvgIpc) is 3.00. The van der Waals surface area contributed by atoms with E-state index in [1.165, 1.54) is 16.8 Å². The molecule has 0 saturated carbocycles. The summed E-state index contributed by atoms with van der Waals surface area (Å²) in [5.74, 6) is 1.32. The van der Waals surface area contributed by atoms with Gasteiger partial charge in [-0.3, -0.25) is 0 Å². The monoisotopic (exact) mass is 290 g/mol. The minimum Gasteiger partial charge on any atom is -0.345 e. The van der Waals surface area contributed by atoms with Crippen molar-refractivity contribution in [3.05, 3.63) is 77.7 Å². The number of benzene rings is 2. The van der Waals surface area contributed by atoms with E-state index in [-0.39, 0.29) is 5.92 Å². The van der Waals surface area contributed by atoms with E-state index in [2.05, 4.69) is 73.4 Å². The van der Waals surface area contributed by atoms with Gasteiger partial charge in [-0.05, 0) is 12.0 Å². The van der Waals surface area contributed by atoms with E-state index < -0.39 is 0 Å².